The highest BCUT2D eigenvalue weighted by Crippen LogP contribution is 2.34. The van der Waals surface area contributed by atoms with E-state index in [0.29, 0.717) is 42.0 Å². The van der Waals surface area contributed by atoms with Crippen molar-refractivity contribution >= 4 is 28.9 Å². The van der Waals surface area contributed by atoms with Gasteiger partial charge in [0.25, 0.3) is 0 Å². The second-order valence-electron chi connectivity index (χ2n) is 9.63. The average molecular weight is 561 g/mol. The summed E-state index contributed by atoms with van der Waals surface area (Å²) in [6.07, 6.45) is 3.77. The van der Waals surface area contributed by atoms with E-state index in [-0.39, 0.29) is 17.5 Å². The number of ether oxygens (including phenoxy) is 1. The molecule has 0 bridgehead atoms. The molecule has 0 spiro atoms. The Hall–Kier alpha value is -4.58. The molecular weight excluding hydrogens is 527 g/mol. The first kappa shape index (κ1) is 28.0. The van der Waals surface area contributed by atoms with Crippen molar-refractivity contribution in [2.75, 3.05) is 51.2 Å². The molecule has 214 valence electrons. The maximum Gasteiger partial charge on any atom is 0.321 e. The molecule has 3 N–H and O–H groups in total. The van der Waals surface area contributed by atoms with Crippen LogP contribution in [-0.4, -0.2) is 87.5 Å². The van der Waals surface area contributed by atoms with Gasteiger partial charge in [-0.3, -0.25) is 20.0 Å². The van der Waals surface area contributed by atoms with E-state index >= 15 is 0 Å². The number of aromatic nitrogens is 4. The van der Waals surface area contributed by atoms with Gasteiger partial charge in [0.2, 0.25) is 17.7 Å². The molecule has 0 atom stereocenters. The van der Waals surface area contributed by atoms with Gasteiger partial charge in [0.15, 0.2) is 0 Å². The molecule has 0 aliphatic carbocycles. The van der Waals surface area contributed by atoms with Crippen LogP contribution in [0.2, 0.25) is 0 Å². The summed E-state index contributed by atoms with van der Waals surface area (Å²) in [6.45, 7) is 8.55. The molecule has 11 nitrogen and oxygen atoms in total. The zero-order valence-corrected chi connectivity index (χ0v) is 23.1. The standard InChI is InChI=1S/C29H33FN8O3/c1-3-25(39)38-12-10-37(11-13-38)14-15-41-24-8-7-19(18-33-24)20-16-21(26-22(30)6-5-9-32-26)27-23(17-20)34-28(35-27)36-29(40)31-4-2/h5-9,16-18H,3-4,10-15H2,1-2H3,(H3,31,34,35,36,40). The van der Waals surface area contributed by atoms with E-state index < -0.39 is 11.8 Å². The molecule has 1 aromatic carbocycles. The molecule has 12 heteroatoms. The van der Waals surface area contributed by atoms with Gasteiger partial charge in [-0.2, -0.15) is 0 Å². The minimum Gasteiger partial charge on any atom is -0.476 e. The van der Waals surface area contributed by atoms with E-state index in [1.807, 2.05) is 36.9 Å². The van der Waals surface area contributed by atoms with Crippen molar-refractivity contribution < 1.29 is 18.7 Å². The predicted molar refractivity (Wildman–Crippen MR) is 154 cm³/mol. The lowest BCUT2D eigenvalue weighted by Crippen LogP contribution is -2.49. The quantitative estimate of drug-likeness (QED) is 0.283. The van der Waals surface area contributed by atoms with Gasteiger partial charge < -0.3 is 19.9 Å². The number of imidazole rings is 1. The highest BCUT2D eigenvalue weighted by atomic mass is 19.1. The van der Waals surface area contributed by atoms with Crippen molar-refractivity contribution in [1.29, 1.82) is 0 Å². The number of urea groups is 1. The number of piperazine rings is 1. The molecule has 0 radical (unpaired) electrons. The molecule has 4 heterocycles. The molecule has 41 heavy (non-hydrogen) atoms. The zero-order valence-electron chi connectivity index (χ0n) is 23.1. The van der Waals surface area contributed by atoms with Crippen LogP contribution < -0.4 is 15.4 Å². The third-order valence-electron chi connectivity index (χ3n) is 6.92. The second-order valence-corrected chi connectivity index (χ2v) is 9.63. The lowest BCUT2D eigenvalue weighted by molar-refractivity contribution is -0.132. The predicted octanol–water partition coefficient (Wildman–Crippen LogP) is 3.90. The number of H-pyrrole nitrogens is 1. The smallest absolute Gasteiger partial charge is 0.321 e. The van der Waals surface area contributed by atoms with Crippen LogP contribution in [-0.2, 0) is 4.79 Å². The Morgan fingerprint density at radius 1 is 1.07 bits per heavy atom. The number of pyridine rings is 2. The molecule has 4 aromatic rings. The maximum atomic E-state index is 14.8. The number of nitrogens with one attached hydrogen (secondary N) is 3. The zero-order chi connectivity index (χ0) is 28.8. The van der Waals surface area contributed by atoms with Gasteiger partial charge in [0.05, 0.1) is 5.52 Å². The van der Waals surface area contributed by atoms with Gasteiger partial charge in [-0.25, -0.2) is 19.2 Å². The Labute approximate surface area is 237 Å². The minimum atomic E-state index is -0.479. The number of aromatic amines is 1. The fourth-order valence-electron chi connectivity index (χ4n) is 4.78. The topological polar surface area (TPSA) is 128 Å². The van der Waals surface area contributed by atoms with Gasteiger partial charge in [-0.15, -0.1) is 0 Å². The number of amides is 3. The van der Waals surface area contributed by atoms with Gasteiger partial charge in [0, 0.05) is 75.3 Å². The fourth-order valence-corrected chi connectivity index (χ4v) is 4.78. The number of nitrogens with zero attached hydrogens (tertiary/aromatic N) is 5. The van der Waals surface area contributed by atoms with Gasteiger partial charge in [-0.05, 0) is 42.8 Å². The normalized spacial score (nSPS) is 13.8. The van der Waals surface area contributed by atoms with E-state index in [9.17, 15) is 14.0 Å². The molecule has 1 fully saturated rings. The van der Waals surface area contributed by atoms with Crippen LogP contribution in [0.1, 0.15) is 20.3 Å². The molecule has 1 aliphatic rings. The number of hydrogen-bond donors (Lipinski definition) is 3. The highest BCUT2D eigenvalue weighted by molar-refractivity contribution is 5.98. The number of fused-ring (bicyclic) bond motifs is 1. The summed E-state index contributed by atoms with van der Waals surface area (Å²) in [6, 6.07) is 9.85. The number of carbonyl (C=O) groups is 2. The third kappa shape index (κ3) is 6.60. The molecule has 0 unspecified atom stereocenters. The largest absolute Gasteiger partial charge is 0.476 e. The third-order valence-corrected chi connectivity index (χ3v) is 6.92. The summed E-state index contributed by atoms with van der Waals surface area (Å²) in [4.78, 5) is 44.4. The van der Waals surface area contributed by atoms with E-state index in [0.717, 1.165) is 43.9 Å². The second kappa shape index (κ2) is 12.7. The number of hydrogen-bond acceptors (Lipinski definition) is 7. The van der Waals surface area contributed by atoms with Crippen molar-refractivity contribution in [3.63, 3.8) is 0 Å². The number of halogens is 1. The minimum absolute atomic E-state index is 0.156. The number of benzene rings is 1. The van der Waals surface area contributed by atoms with Crippen LogP contribution >= 0.6 is 0 Å². The van der Waals surface area contributed by atoms with Crippen molar-refractivity contribution in [3.05, 3.63) is 54.6 Å². The van der Waals surface area contributed by atoms with Crippen molar-refractivity contribution in [2.24, 2.45) is 0 Å². The van der Waals surface area contributed by atoms with Crippen molar-refractivity contribution in [2.45, 2.75) is 20.3 Å². The number of rotatable bonds is 9. The van der Waals surface area contributed by atoms with E-state index in [2.05, 4.69) is 35.5 Å². The Kier molecular flexibility index (Phi) is 8.68. The molecule has 1 saturated heterocycles. The number of carbonyl (C=O) groups excluding carboxylic acids is 2. The van der Waals surface area contributed by atoms with E-state index in [4.69, 9.17) is 4.74 Å². The van der Waals surface area contributed by atoms with Crippen LogP contribution in [0.15, 0.2) is 48.8 Å². The van der Waals surface area contributed by atoms with Gasteiger partial charge in [-0.1, -0.05) is 6.92 Å². The maximum absolute atomic E-state index is 14.8. The molecular formula is C29H33FN8O3. The Morgan fingerprint density at radius 2 is 1.90 bits per heavy atom. The van der Waals surface area contributed by atoms with Crippen LogP contribution in [0.5, 0.6) is 5.88 Å². The van der Waals surface area contributed by atoms with Crippen molar-refractivity contribution in [3.8, 4) is 28.3 Å². The average Bonchev–Trinajstić information content (AvgIpc) is 3.39. The lowest BCUT2D eigenvalue weighted by atomic mass is 10.0. The van der Waals surface area contributed by atoms with Crippen LogP contribution in [0.4, 0.5) is 15.1 Å². The highest BCUT2D eigenvalue weighted by Gasteiger charge is 2.20. The first-order valence-electron chi connectivity index (χ1n) is 13.7. The molecule has 5 rings (SSSR count). The first-order valence-corrected chi connectivity index (χ1v) is 13.7. The van der Waals surface area contributed by atoms with E-state index in [1.54, 1.807) is 12.3 Å². The summed E-state index contributed by atoms with van der Waals surface area (Å²) in [5.74, 6) is 0.458. The SMILES string of the molecule is CCNC(=O)Nc1nc2c(-c3ncccc3F)cc(-c3ccc(OCCN4CCN(C(=O)CC)CC4)nc3)cc2[nH]1. The van der Waals surface area contributed by atoms with Gasteiger partial charge >= 0.3 is 6.03 Å². The molecule has 3 amide bonds. The lowest BCUT2D eigenvalue weighted by Gasteiger charge is -2.34. The monoisotopic (exact) mass is 560 g/mol. The fraction of sp³-hybridized carbons (Fsp3) is 0.345. The van der Waals surface area contributed by atoms with E-state index in [1.165, 1.54) is 18.3 Å². The van der Waals surface area contributed by atoms with Crippen LogP contribution in [0.3, 0.4) is 0 Å². The molecule has 0 saturated carbocycles. The first-order chi connectivity index (χ1) is 19.9. The Balaban J connectivity index is 1.31. The number of anilines is 1. The Bertz CT molecular complexity index is 1520. The summed E-state index contributed by atoms with van der Waals surface area (Å²) < 4.78 is 20.7. The van der Waals surface area contributed by atoms with Crippen LogP contribution in [0, 0.1) is 5.82 Å². The van der Waals surface area contributed by atoms with Crippen molar-refractivity contribution in [1.82, 2.24) is 35.1 Å². The summed E-state index contributed by atoms with van der Waals surface area (Å²) in [7, 11) is 0. The molecule has 1 aliphatic heterocycles. The summed E-state index contributed by atoms with van der Waals surface area (Å²) in [5.41, 5.74) is 3.28. The van der Waals surface area contributed by atoms with Crippen LogP contribution in [0.25, 0.3) is 33.4 Å². The summed E-state index contributed by atoms with van der Waals surface area (Å²) >= 11 is 0. The summed E-state index contributed by atoms with van der Waals surface area (Å²) in [5, 5.41) is 5.32. The van der Waals surface area contributed by atoms with Gasteiger partial charge in [0.1, 0.15) is 23.6 Å². The molecule has 3 aromatic heterocycles. The Morgan fingerprint density at radius 3 is 2.61 bits per heavy atom.